The Bertz CT molecular complexity index is 1420. The Hall–Kier alpha value is -3.03. The molecule has 1 aliphatic heterocycles. The minimum Gasteiger partial charge on any atom is -0.494 e. The van der Waals surface area contributed by atoms with Gasteiger partial charge in [-0.25, -0.2) is 4.39 Å². The van der Waals surface area contributed by atoms with Crippen molar-refractivity contribution in [1.82, 2.24) is 9.80 Å². The molecule has 7 nitrogen and oxygen atoms in total. The third-order valence-corrected chi connectivity index (χ3v) is 10.2. The summed E-state index contributed by atoms with van der Waals surface area (Å²) in [6, 6.07) is 18.3. The summed E-state index contributed by atoms with van der Waals surface area (Å²) in [5, 5.41) is 0.503. The highest BCUT2D eigenvalue weighted by Crippen LogP contribution is 2.47. The Kier molecular flexibility index (Phi) is 10.3. The van der Waals surface area contributed by atoms with Crippen molar-refractivity contribution in [3.8, 4) is 16.9 Å². The largest absolute Gasteiger partial charge is 0.494 e. The number of ether oxygens (including phenoxy) is 1. The van der Waals surface area contributed by atoms with E-state index in [1.54, 1.807) is 26.0 Å². The van der Waals surface area contributed by atoms with Gasteiger partial charge in [0.1, 0.15) is 11.6 Å². The van der Waals surface area contributed by atoms with Crippen molar-refractivity contribution < 1.29 is 27.5 Å². The first-order valence-corrected chi connectivity index (χ1v) is 16.9. The Balaban J connectivity index is 1.22. The number of carbonyl (C=O) groups is 1. The molecule has 43 heavy (non-hydrogen) atoms. The van der Waals surface area contributed by atoms with Gasteiger partial charge in [0, 0.05) is 38.3 Å². The van der Waals surface area contributed by atoms with Gasteiger partial charge in [0.05, 0.1) is 31.5 Å². The molecule has 9 heteroatoms. The monoisotopic (exact) mass is 608 g/mol. The van der Waals surface area contributed by atoms with Crippen molar-refractivity contribution in [3.63, 3.8) is 0 Å². The van der Waals surface area contributed by atoms with Crippen LogP contribution in [0.25, 0.3) is 11.1 Å². The molecule has 5 rings (SSSR count). The Morgan fingerprint density at radius 3 is 2.12 bits per heavy atom. The maximum absolute atomic E-state index is 13.6. The molecule has 1 saturated heterocycles. The second-order valence-corrected chi connectivity index (χ2v) is 13.1. The van der Waals surface area contributed by atoms with Crippen LogP contribution in [0.3, 0.4) is 0 Å². The van der Waals surface area contributed by atoms with Crippen LogP contribution in [0.4, 0.5) is 4.39 Å². The van der Waals surface area contributed by atoms with Gasteiger partial charge >= 0.3 is 7.60 Å². The fourth-order valence-corrected chi connectivity index (χ4v) is 7.24. The van der Waals surface area contributed by atoms with E-state index >= 15 is 0 Å². The number of piperazine rings is 1. The number of benzene rings is 3. The van der Waals surface area contributed by atoms with Gasteiger partial charge in [-0.05, 0) is 98.2 Å². The third kappa shape index (κ3) is 7.74. The van der Waals surface area contributed by atoms with Crippen LogP contribution in [0.2, 0.25) is 0 Å². The molecular formula is C34H42FN2O5P. The van der Waals surface area contributed by atoms with Gasteiger partial charge in [-0.3, -0.25) is 14.3 Å². The zero-order chi connectivity index (χ0) is 30.4. The van der Waals surface area contributed by atoms with E-state index in [1.165, 1.54) is 30.5 Å². The average Bonchev–Trinajstić information content (AvgIpc) is 3.85. The summed E-state index contributed by atoms with van der Waals surface area (Å²) >= 11 is 0. The predicted octanol–water partition coefficient (Wildman–Crippen LogP) is 6.55. The van der Waals surface area contributed by atoms with E-state index in [0.717, 1.165) is 47.6 Å². The van der Waals surface area contributed by atoms with Crippen LogP contribution in [-0.4, -0.2) is 61.7 Å². The maximum Gasteiger partial charge on any atom is 0.361 e. The highest BCUT2D eigenvalue weighted by atomic mass is 31.2. The van der Waals surface area contributed by atoms with E-state index in [-0.39, 0.29) is 18.1 Å². The van der Waals surface area contributed by atoms with E-state index in [1.807, 2.05) is 36.1 Å². The molecule has 1 saturated carbocycles. The molecule has 0 bridgehead atoms. The Labute approximate surface area is 254 Å². The van der Waals surface area contributed by atoms with Crippen LogP contribution in [0.15, 0.2) is 60.7 Å². The summed E-state index contributed by atoms with van der Waals surface area (Å²) in [5.41, 5.74) is 5.47. The van der Waals surface area contributed by atoms with Gasteiger partial charge in [0.2, 0.25) is 5.91 Å². The highest BCUT2D eigenvalue weighted by molar-refractivity contribution is 7.62. The zero-order valence-corrected chi connectivity index (χ0v) is 26.3. The smallest absolute Gasteiger partial charge is 0.361 e. The van der Waals surface area contributed by atoms with Crippen molar-refractivity contribution in [3.05, 3.63) is 83.2 Å². The Morgan fingerprint density at radius 1 is 0.884 bits per heavy atom. The molecular weight excluding hydrogens is 566 g/mol. The fraction of sp³-hybridized carbons (Fsp3) is 0.441. The lowest BCUT2D eigenvalue weighted by Gasteiger charge is -2.35. The van der Waals surface area contributed by atoms with Crippen molar-refractivity contribution in [2.45, 2.75) is 52.5 Å². The first-order valence-electron chi connectivity index (χ1n) is 15.4. The summed E-state index contributed by atoms with van der Waals surface area (Å²) in [6.45, 7) is 10.3. The van der Waals surface area contributed by atoms with Crippen LogP contribution < -0.4 is 10.0 Å². The normalized spacial score (nSPS) is 16.0. The first kappa shape index (κ1) is 31.4. The second kappa shape index (κ2) is 14.2. The number of carbonyl (C=O) groups excluding carboxylic acids is 1. The summed E-state index contributed by atoms with van der Waals surface area (Å²) in [5.74, 6) is 1.25. The van der Waals surface area contributed by atoms with Crippen molar-refractivity contribution in [1.29, 1.82) is 0 Å². The molecule has 0 unspecified atom stereocenters. The van der Waals surface area contributed by atoms with Crippen LogP contribution in [0.1, 0.15) is 56.2 Å². The maximum atomic E-state index is 13.6. The number of amides is 1. The van der Waals surface area contributed by atoms with E-state index in [4.69, 9.17) is 13.8 Å². The van der Waals surface area contributed by atoms with Crippen molar-refractivity contribution in [2.24, 2.45) is 0 Å². The van der Waals surface area contributed by atoms with Crippen LogP contribution >= 0.6 is 7.60 Å². The lowest BCUT2D eigenvalue weighted by Crippen LogP contribution is -2.48. The zero-order valence-electron chi connectivity index (χ0n) is 25.4. The number of halogens is 1. The molecule has 1 heterocycles. The van der Waals surface area contributed by atoms with Gasteiger partial charge in [-0.1, -0.05) is 24.3 Å². The van der Waals surface area contributed by atoms with E-state index in [2.05, 4.69) is 17.0 Å². The molecule has 0 atom stereocenters. The summed E-state index contributed by atoms with van der Waals surface area (Å²) in [6.07, 6.45) is 2.63. The molecule has 0 spiro atoms. The molecule has 3 aromatic carbocycles. The van der Waals surface area contributed by atoms with Gasteiger partial charge in [0.25, 0.3) is 0 Å². The average molecular weight is 609 g/mol. The van der Waals surface area contributed by atoms with Crippen molar-refractivity contribution >= 4 is 18.8 Å². The molecule has 0 N–H and O–H groups in total. The van der Waals surface area contributed by atoms with Gasteiger partial charge in [-0.2, -0.15) is 0 Å². The summed E-state index contributed by atoms with van der Waals surface area (Å²) in [4.78, 5) is 17.4. The van der Waals surface area contributed by atoms with Crippen LogP contribution in [-0.2, 0) is 31.4 Å². The Morgan fingerprint density at radius 2 is 1.53 bits per heavy atom. The molecule has 1 aliphatic carbocycles. The lowest BCUT2D eigenvalue weighted by atomic mass is 9.93. The topological polar surface area (TPSA) is 68.3 Å². The van der Waals surface area contributed by atoms with E-state index < -0.39 is 7.60 Å². The van der Waals surface area contributed by atoms with Crippen molar-refractivity contribution in [2.75, 3.05) is 46.0 Å². The molecule has 2 aliphatic rings. The van der Waals surface area contributed by atoms with Gasteiger partial charge < -0.3 is 18.7 Å². The number of hydrogen-bond acceptors (Lipinski definition) is 6. The molecule has 0 radical (unpaired) electrons. The van der Waals surface area contributed by atoms with Crippen LogP contribution in [0.5, 0.6) is 5.75 Å². The second-order valence-electron chi connectivity index (χ2n) is 11.1. The predicted molar refractivity (Wildman–Crippen MR) is 167 cm³/mol. The van der Waals surface area contributed by atoms with Crippen LogP contribution in [0, 0.1) is 5.82 Å². The van der Waals surface area contributed by atoms with Gasteiger partial charge in [-0.15, -0.1) is 0 Å². The van der Waals surface area contributed by atoms with E-state index in [9.17, 15) is 13.8 Å². The third-order valence-electron chi connectivity index (χ3n) is 8.03. The minimum absolute atomic E-state index is 0.0832. The minimum atomic E-state index is -3.35. The lowest BCUT2D eigenvalue weighted by molar-refractivity contribution is -0.132. The summed E-state index contributed by atoms with van der Waals surface area (Å²) in [7, 11) is -3.35. The number of rotatable bonds is 13. The molecule has 2 fully saturated rings. The molecule has 0 aromatic heterocycles. The molecule has 1 amide bonds. The standard InChI is InChI=1S/C34H42FN2O5P/c1-4-40-33-23-32(27-11-13-29(35)14-12-27)31(26-9-10-26)22-28(33)24-36-17-19-37(20-18-36)34(38)21-25-7-15-30(16-8-25)43(39,41-5-2)42-6-3/h7-8,11-16,22-23,26H,4-6,9-10,17-21,24H2,1-3H3. The SMILES string of the molecule is CCOc1cc(-c2ccc(F)cc2)c(C2CC2)cc1CN1CCN(C(=O)Cc2ccc(P(=O)(OCC)OCC)cc2)CC1. The first-order chi connectivity index (χ1) is 20.8. The summed E-state index contributed by atoms with van der Waals surface area (Å²) < 4.78 is 43.6. The van der Waals surface area contributed by atoms with Gasteiger partial charge in [0.15, 0.2) is 0 Å². The molecule has 3 aromatic rings. The number of nitrogens with zero attached hydrogens (tertiary/aromatic N) is 2. The quantitative estimate of drug-likeness (QED) is 0.205. The highest BCUT2D eigenvalue weighted by Gasteiger charge is 2.30. The van der Waals surface area contributed by atoms with E-state index in [0.29, 0.717) is 44.1 Å². The fourth-order valence-electron chi connectivity index (χ4n) is 5.67. The number of hydrogen-bond donors (Lipinski definition) is 0. The molecule has 230 valence electrons.